The van der Waals surface area contributed by atoms with Crippen LogP contribution in [0.5, 0.6) is 0 Å². The van der Waals surface area contributed by atoms with Crippen LogP contribution in [0.1, 0.15) is 45.5 Å². The first-order valence-electron chi connectivity index (χ1n) is 9.83. The van der Waals surface area contributed by atoms with Gasteiger partial charge in [-0.15, -0.1) is 0 Å². The molecule has 6 heteroatoms. The fraction of sp³-hybridized carbons (Fsp3) is 0.208. The lowest BCUT2D eigenvalue weighted by Crippen LogP contribution is -2.07. The van der Waals surface area contributed by atoms with Crippen LogP contribution in [0.2, 0.25) is 5.02 Å². The van der Waals surface area contributed by atoms with Crippen LogP contribution in [0.3, 0.4) is 0 Å². The highest BCUT2D eigenvalue weighted by Gasteiger charge is 2.23. The number of nitrogen functional groups attached to an aromatic ring is 1. The lowest BCUT2D eigenvalue weighted by molar-refractivity contribution is 0.360. The number of nitrogens with two attached hydrogens (primary N) is 1. The highest BCUT2D eigenvalue weighted by Crippen LogP contribution is 2.30. The van der Waals surface area contributed by atoms with Crippen molar-refractivity contribution in [1.82, 2.24) is 15.1 Å². The van der Waals surface area contributed by atoms with Gasteiger partial charge in [0.2, 0.25) is 5.89 Å². The molecule has 0 aliphatic heterocycles. The summed E-state index contributed by atoms with van der Waals surface area (Å²) in [5.41, 5.74) is 11.6. The fourth-order valence-corrected chi connectivity index (χ4v) is 3.69. The summed E-state index contributed by atoms with van der Waals surface area (Å²) in [6.45, 7) is 4.23. The van der Waals surface area contributed by atoms with E-state index in [0.717, 1.165) is 17.5 Å². The summed E-state index contributed by atoms with van der Waals surface area (Å²) in [5.74, 6) is 1.52. The summed E-state index contributed by atoms with van der Waals surface area (Å²) in [5, 5.41) is 4.87. The van der Waals surface area contributed by atoms with Gasteiger partial charge in [-0.1, -0.05) is 53.2 Å². The zero-order chi connectivity index (χ0) is 21.1. The number of hydrogen-bond acceptors (Lipinski definition) is 5. The number of hydrogen-bond donors (Lipinski definition) is 1. The zero-order valence-electron chi connectivity index (χ0n) is 17.0. The molecule has 1 atom stereocenters. The molecule has 1 unspecified atom stereocenters. The molecule has 0 bridgehead atoms. The fourth-order valence-electron chi connectivity index (χ4n) is 3.49. The van der Waals surface area contributed by atoms with Crippen LogP contribution < -0.4 is 5.73 Å². The average molecular weight is 419 g/mol. The first kappa shape index (κ1) is 20.1. The summed E-state index contributed by atoms with van der Waals surface area (Å²) in [7, 11) is 0. The van der Waals surface area contributed by atoms with E-state index in [1.54, 1.807) is 6.20 Å². The number of halogens is 1. The van der Waals surface area contributed by atoms with Crippen LogP contribution in [0.4, 0.5) is 5.82 Å². The molecule has 2 aromatic heterocycles. The van der Waals surface area contributed by atoms with Crippen molar-refractivity contribution in [3.8, 4) is 0 Å². The lowest BCUT2D eigenvalue weighted by Gasteiger charge is -2.15. The molecule has 5 nitrogen and oxygen atoms in total. The normalized spacial score (nSPS) is 12.1. The van der Waals surface area contributed by atoms with Gasteiger partial charge >= 0.3 is 0 Å². The second-order valence-electron chi connectivity index (χ2n) is 7.50. The van der Waals surface area contributed by atoms with E-state index in [9.17, 15) is 0 Å². The molecule has 0 saturated heterocycles. The predicted octanol–water partition coefficient (Wildman–Crippen LogP) is 5.28. The summed E-state index contributed by atoms with van der Waals surface area (Å²) < 4.78 is 5.69. The molecule has 2 N–H and O–H groups in total. The van der Waals surface area contributed by atoms with Crippen LogP contribution in [0.25, 0.3) is 0 Å². The van der Waals surface area contributed by atoms with Gasteiger partial charge in [0, 0.05) is 23.2 Å². The first-order valence-corrected chi connectivity index (χ1v) is 10.2. The molecule has 0 saturated carbocycles. The van der Waals surface area contributed by atoms with Gasteiger partial charge in [0.05, 0.1) is 5.92 Å². The third kappa shape index (κ3) is 4.52. The Labute approximate surface area is 180 Å². The molecule has 152 valence electrons. The van der Waals surface area contributed by atoms with Gasteiger partial charge in [0.15, 0.2) is 5.82 Å². The molecular weight excluding hydrogens is 396 g/mol. The molecule has 2 aromatic carbocycles. The summed E-state index contributed by atoms with van der Waals surface area (Å²) in [6.07, 6.45) is 2.87. The van der Waals surface area contributed by atoms with E-state index < -0.39 is 0 Å². The second kappa shape index (κ2) is 8.67. The van der Waals surface area contributed by atoms with Crippen molar-refractivity contribution in [3.05, 3.63) is 105 Å². The molecule has 0 fully saturated rings. The van der Waals surface area contributed by atoms with Crippen LogP contribution >= 0.6 is 11.6 Å². The predicted molar refractivity (Wildman–Crippen MR) is 119 cm³/mol. The van der Waals surface area contributed by atoms with Gasteiger partial charge in [-0.3, -0.25) is 0 Å². The molecule has 0 aliphatic carbocycles. The Kier molecular flexibility index (Phi) is 5.81. The minimum Gasteiger partial charge on any atom is -0.383 e. The Morgan fingerprint density at radius 3 is 2.67 bits per heavy atom. The third-order valence-electron chi connectivity index (χ3n) is 5.32. The van der Waals surface area contributed by atoms with Crippen molar-refractivity contribution in [2.75, 3.05) is 5.73 Å². The van der Waals surface area contributed by atoms with Gasteiger partial charge in [0.1, 0.15) is 5.82 Å². The van der Waals surface area contributed by atoms with Crippen molar-refractivity contribution < 1.29 is 4.52 Å². The molecule has 0 aliphatic rings. The molecule has 0 spiro atoms. The molecular formula is C24H23ClN4O. The highest BCUT2D eigenvalue weighted by molar-refractivity contribution is 6.30. The van der Waals surface area contributed by atoms with Gasteiger partial charge in [0.25, 0.3) is 0 Å². The Hall–Kier alpha value is -3.18. The Morgan fingerprint density at radius 2 is 1.90 bits per heavy atom. The lowest BCUT2D eigenvalue weighted by atomic mass is 9.90. The summed E-state index contributed by atoms with van der Waals surface area (Å²) >= 11 is 6.27. The van der Waals surface area contributed by atoms with Crippen molar-refractivity contribution in [2.45, 2.75) is 32.6 Å². The van der Waals surface area contributed by atoms with Crippen molar-refractivity contribution >= 4 is 17.4 Å². The number of anilines is 1. The second-order valence-corrected chi connectivity index (χ2v) is 7.94. The highest BCUT2D eigenvalue weighted by atomic mass is 35.5. The van der Waals surface area contributed by atoms with Crippen LogP contribution in [0.15, 0.2) is 65.3 Å². The number of nitrogens with zero attached hydrogens (tertiary/aromatic N) is 3. The van der Waals surface area contributed by atoms with Crippen molar-refractivity contribution in [3.63, 3.8) is 0 Å². The van der Waals surface area contributed by atoms with E-state index in [2.05, 4.69) is 47.2 Å². The summed E-state index contributed by atoms with van der Waals surface area (Å²) in [4.78, 5) is 8.81. The minimum atomic E-state index is -0.0988. The molecule has 4 aromatic rings. The van der Waals surface area contributed by atoms with Gasteiger partial charge < -0.3 is 10.3 Å². The van der Waals surface area contributed by atoms with E-state index >= 15 is 0 Å². The van der Waals surface area contributed by atoms with Crippen LogP contribution in [-0.4, -0.2) is 15.1 Å². The van der Waals surface area contributed by atoms with E-state index in [1.165, 1.54) is 16.7 Å². The van der Waals surface area contributed by atoms with Gasteiger partial charge in [-0.2, -0.15) is 4.98 Å². The van der Waals surface area contributed by atoms with E-state index in [4.69, 9.17) is 21.9 Å². The van der Waals surface area contributed by atoms with Crippen molar-refractivity contribution in [1.29, 1.82) is 0 Å². The maximum atomic E-state index is 6.27. The molecule has 0 amide bonds. The van der Waals surface area contributed by atoms with Crippen LogP contribution in [-0.2, 0) is 12.8 Å². The van der Waals surface area contributed by atoms with Gasteiger partial charge in [-0.25, -0.2) is 4.98 Å². The minimum absolute atomic E-state index is 0.0988. The standard InChI is InChI=1S/C24H23ClN4O/c1-15-8-9-17(11-16(15)2)12-21(18-5-3-7-20(25)13-18)24-28-22(29-30-24)14-19-6-4-10-27-23(19)26/h3-11,13,21H,12,14H2,1-2H3,(H2,26,27). The van der Waals surface area contributed by atoms with Crippen molar-refractivity contribution in [2.24, 2.45) is 0 Å². The van der Waals surface area contributed by atoms with E-state index in [-0.39, 0.29) is 5.92 Å². The molecule has 4 rings (SSSR count). The topological polar surface area (TPSA) is 77.8 Å². The quantitative estimate of drug-likeness (QED) is 0.460. The molecule has 0 radical (unpaired) electrons. The number of rotatable bonds is 6. The number of benzene rings is 2. The largest absolute Gasteiger partial charge is 0.383 e. The van der Waals surface area contributed by atoms with E-state index in [1.807, 2.05) is 36.4 Å². The Morgan fingerprint density at radius 1 is 1.03 bits per heavy atom. The molecule has 2 heterocycles. The van der Waals surface area contributed by atoms with Crippen LogP contribution in [0, 0.1) is 13.8 Å². The number of pyridine rings is 1. The maximum absolute atomic E-state index is 6.27. The van der Waals surface area contributed by atoms with Gasteiger partial charge in [-0.05, 0) is 60.7 Å². The van der Waals surface area contributed by atoms with E-state index in [0.29, 0.717) is 29.0 Å². The Bertz CT molecular complexity index is 1170. The number of aryl methyl sites for hydroxylation is 2. The Balaban J connectivity index is 1.66. The smallest absolute Gasteiger partial charge is 0.234 e. The SMILES string of the molecule is Cc1ccc(CC(c2cccc(Cl)c2)c2nc(Cc3cccnc3N)no2)cc1C. The maximum Gasteiger partial charge on any atom is 0.234 e. The number of aromatic nitrogens is 3. The first-order chi connectivity index (χ1) is 14.5. The average Bonchev–Trinajstić information content (AvgIpc) is 3.19. The monoisotopic (exact) mass is 418 g/mol. The summed E-state index contributed by atoms with van der Waals surface area (Å²) in [6, 6.07) is 18.1. The zero-order valence-corrected chi connectivity index (χ0v) is 17.7. The third-order valence-corrected chi connectivity index (χ3v) is 5.55. The molecule has 30 heavy (non-hydrogen) atoms.